The molecule has 3 heterocycles. The third-order valence-corrected chi connectivity index (χ3v) is 6.75. The quantitative estimate of drug-likeness (QED) is 0.532. The molecule has 0 radical (unpaired) electrons. The van der Waals surface area contributed by atoms with Gasteiger partial charge in [-0.2, -0.15) is 5.26 Å². The number of fused-ring (bicyclic) bond motifs is 1. The van der Waals surface area contributed by atoms with Crippen molar-refractivity contribution in [2.45, 2.75) is 39.3 Å². The Morgan fingerprint density at radius 3 is 2.91 bits per heavy atom. The van der Waals surface area contributed by atoms with Crippen LogP contribution in [0.25, 0.3) is 0 Å². The second kappa shape index (κ2) is 10.4. The number of aryl methyl sites for hydroxylation is 2. The number of carbonyl (C=O) groups excluding carboxylic acids is 2. The number of para-hydroxylation sites is 1. The third kappa shape index (κ3) is 5.21. The first kappa shape index (κ1) is 23.3. The van der Waals surface area contributed by atoms with Gasteiger partial charge in [0.25, 0.3) is 0 Å². The van der Waals surface area contributed by atoms with E-state index in [2.05, 4.69) is 21.9 Å². The first-order valence-electron chi connectivity index (χ1n) is 10.9. The minimum Gasteiger partial charge on any atom is -0.496 e. The van der Waals surface area contributed by atoms with E-state index in [1.54, 1.807) is 25.0 Å². The number of benzene rings is 1. The molecule has 0 atom stereocenters. The van der Waals surface area contributed by atoms with Crippen molar-refractivity contribution in [3.05, 3.63) is 63.4 Å². The molecule has 9 nitrogen and oxygen atoms in total. The van der Waals surface area contributed by atoms with Gasteiger partial charge in [0.15, 0.2) is 0 Å². The largest absolute Gasteiger partial charge is 0.496 e. The van der Waals surface area contributed by atoms with E-state index < -0.39 is 0 Å². The van der Waals surface area contributed by atoms with Crippen molar-refractivity contribution in [2.24, 2.45) is 0 Å². The number of methoxy groups -OCH3 is 1. The molecule has 176 valence electrons. The zero-order chi connectivity index (χ0) is 24.1. The molecule has 0 saturated heterocycles. The monoisotopic (exact) mass is 479 g/mol. The highest BCUT2D eigenvalue weighted by Gasteiger charge is 2.27. The summed E-state index contributed by atoms with van der Waals surface area (Å²) in [6.45, 7) is 2.95. The van der Waals surface area contributed by atoms with E-state index in [-0.39, 0.29) is 24.9 Å². The van der Waals surface area contributed by atoms with Crippen LogP contribution in [0.4, 0.5) is 9.80 Å². The molecule has 4 rings (SSSR count). The zero-order valence-electron chi connectivity index (χ0n) is 19.0. The van der Waals surface area contributed by atoms with Crippen LogP contribution in [0.1, 0.15) is 39.4 Å². The van der Waals surface area contributed by atoms with E-state index in [4.69, 9.17) is 9.26 Å². The zero-order valence-corrected chi connectivity index (χ0v) is 19.8. The van der Waals surface area contributed by atoms with Crippen LogP contribution in [-0.4, -0.2) is 35.6 Å². The molecule has 34 heavy (non-hydrogen) atoms. The highest BCUT2D eigenvalue weighted by atomic mass is 32.1. The van der Waals surface area contributed by atoms with Crippen LogP contribution in [0.2, 0.25) is 0 Å². The lowest BCUT2D eigenvalue weighted by Gasteiger charge is -2.27. The van der Waals surface area contributed by atoms with Crippen LogP contribution in [0.5, 0.6) is 5.75 Å². The molecule has 0 spiro atoms. The molecule has 3 amide bonds. The molecule has 0 unspecified atom stereocenters. The Labute approximate surface area is 201 Å². The number of nitrogens with zero attached hydrogens (tertiary/aromatic N) is 3. The summed E-state index contributed by atoms with van der Waals surface area (Å²) in [5.74, 6) is 1.27. The predicted octanol–water partition coefficient (Wildman–Crippen LogP) is 3.76. The molecule has 3 aromatic rings. The SMILES string of the molecule is COc1ccccc1CCC(=O)Nc1sc2c(c1C#N)CCN(C(=O)NCc1cc(C)on1)C2. The van der Waals surface area contributed by atoms with Crippen molar-refractivity contribution in [2.75, 3.05) is 19.0 Å². The number of hydrogen-bond acceptors (Lipinski definition) is 7. The maximum atomic E-state index is 12.6. The number of ether oxygens (including phenoxy) is 1. The minimum atomic E-state index is -0.208. The molecule has 1 aromatic carbocycles. The highest BCUT2D eigenvalue weighted by molar-refractivity contribution is 7.16. The van der Waals surface area contributed by atoms with Crippen LogP contribution in [0, 0.1) is 18.3 Å². The molecule has 0 saturated carbocycles. The second-order valence-electron chi connectivity index (χ2n) is 7.94. The van der Waals surface area contributed by atoms with Gasteiger partial charge >= 0.3 is 6.03 Å². The number of aromatic nitrogens is 1. The Kier molecular flexibility index (Phi) is 7.13. The van der Waals surface area contributed by atoms with Crippen LogP contribution in [-0.2, 0) is 30.7 Å². The molecule has 0 bridgehead atoms. The van der Waals surface area contributed by atoms with Gasteiger partial charge in [0.1, 0.15) is 28.3 Å². The number of anilines is 1. The molecule has 0 fully saturated rings. The van der Waals surface area contributed by atoms with Gasteiger partial charge in [-0.1, -0.05) is 23.4 Å². The average Bonchev–Trinajstić information content (AvgIpc) is 3.42. The van der Waals surface area contributed by atoms with Gasteiger partial charge < -0.3 is 24.8 Å². The third-order valence-electron chi connectivity index (χ3n) is 5.62. The summed E-state index contributed by atoms with van der Waals surface area (Å²) in [7, 11) is 1.60. The topological polar surface area (TPSA) is 120 Å². The Hall–Kier alpha value is -3.84. The minimum absolute atomic E-state index is 0.168. The summed E-state index contributed by atoms with van der Waals surface area (Å²) in [4.78, 5) is 27.8. The number of nitrogens with one attached hydrogen (secondary N) is 2. The fourth-order valence-electron chi connectivity index (χ4n) is 3.91. The smallest absolute Gasteiger partial charge is 0.318 e. The molecule has 10 heteroatoms. The van der Waals surface area contributed by atoms with E-state index in [0.717, 1.165) is 21.8 Å². The number of hydrogen-bond donors (Lipinski definition) is 2. The summed E-state index contributed by atoms with van der Waals surface area (Å²) >= 11 is 1.36. The van der Waals surface area contributed by atoms with E-state index >= 15 is 0 Å². The number of carbonyl (C=O) groups is 2. The van der Waals surface area contributed by atoms with Gasteiger partial charge in [-0.3, -0.25) is 4.79 Å². The number of rotatable bonds is 7. The van der Waals surface area contributed by atoms with Crippen LogP contribution in [0.3, 0.4) is 0 Å². The van der Waals surface area contributed by atoms with E-state index in [9.17, 15) is 14.9 Å². The summed E-state index contributed by atoms with van der Waals surface area (Å²) in [5, 5.41) is 19.9. The summed E-state index contributed by atoms with van der Waals surface area (Å²) in [6, 6.07) is 11.4. The Morgan fingerprint density at radius 2 is 2.18 bits per heavy atom. The fourth-order valence-corrected chi connectivity index (χ4v) is 5.14. The fraction of sp³-hybridized carbons (Fsp3) is 0.333. The Balaban J connectivity index is 1.37. The lowest BCUT2D eigenvalue weighted by Crippen LogP contribution is -2.42. The van der Waals surface area contributed by atoms with Gasteiger partial charge in [-0.15, -0.1) is 11.3 Å². The van der Waals surface area contributed by atoms with Gasteiger partial charge in [-0.25, -0.2) is 4.79 Å². The lowest BCUT2D eigenvalue weighted by molar-refractivity contribution is -0.116. The van der Waals surface area contributed by atoms with Crippen LogP contribution >= 0.6 is 11.3 Å². The molecular formula is C24H25N5O4S. The van der Waals surface area contributed by atoms with Crippen LogP contribution < -0.4 is 15.4 Å². The summed E-state index contributed by atoms with van der Waals surface area (Å²) < 4.78 is 10.4. The first-order chi connectivity index (χ1) is 16.5. The maximum absolute atomic E-state index is 12.6. The van der Waals surface area contributed by atoms with Gasteiger partial charge in [-0.05, 0) is 37.0 Å². The van der Waals surface area contributed by atoms with E-state index in [0.29, 0.717) is 47.9 Å². The van der Waals surface area contributed by atoms with Crippen molar-refractivity contribution in [1.82, 2.24) is 15.4 Å². The first-order valence-corrected chi connectivity index (χ1v) is 11.7. The highest BCUT2D eigenvalue weighted by Crippen LogP contribution is 2.36. The standard InChI is InChI=1S/C24H25N5O4S/c1-15-11-17(28-33-15)13-26-24(31)29-10-9-18-19(12-25)23(34-21(18)14-29)27-22(30)8-7-16-5-3-4-6-20(16)32-2/h3-6,11H,7-10,13-14H2,1-2H3,(H,26,31)(H,27,30). The molecule has 1 aliphatic heterocycles. The number of amides is 3. The molecule has 0 aliphatic carbocycles. The summed E-state index contributed by atoms with van der Waals surface area (Å²) in [5.41, 5.74) is 3.01. The van der Waals surface area contributed by atoms with Crippen molar-refractivity contribution >= 4 is 28.3 Å². The van der Waals surface area contributed by atoms with E-state index in [1.807, 2.05) is 24.3 Å². The number of nitriles is 1. The maximum Gasteiger partial charge on any atom is 0.318 e. The Morgan fingerprint density at radius 1 is 1.35 bits per heavy atom. The van der Waals surface area contributed by atoms with Crippen molar-refractivity contribution in [1.29, 1.82) is 5.26 Å². The Bertz CT molecular complexity index is 1240. The normalized spacial score (nSPS) is 12.6. The van der Waals surface area contributed by atoms with Crippen LogP contribution in [0.15, 0.2) is 34.9 Å². The van der Waals surface area contributed by atoms with Gasteiger partial charge in [0.2, 0.25) is 5.91 Å². The molecule has 1 aliphatic rings. The van der Waals surface area contributed by atoms with E-state index in [1.165, 1.54) is 11.3 Å². The molecular weight excluding hydrogens is 454 g/mol. The lowest BCUT2D eigenvalue weighted by atomic mass is 10.0. The van der Waals surface area contributed by atoms with Crippen molar-refractivity contribution in [3.63, 3.8) is 0 Å². The van der Waals surface area contributed by atoms with Crippen molar-refractivity contribution in [3.8, 4) is 11.8 Å². The average molecular weight is 480 g/mol. The summed E-state index contributed by atoms with van der Waals surface area (Å²) in [6.07, 6.45) is 1.36. The predicted molar refractivity (Wildman–Crippen MR) is 127 cm³/mol. The second-order valence-corrected chi connectivity index (χ2v) is 9.04. The molecule has 2 aromatic heterocycles. The van der Waals surface area contributed by atoms with Gasteiger partial charge in [0, 0.05) is 23.9 Å². The number of urea groups is 1. The number of thiophene rings is 1. The molecule has 2 N–H and O–H groups in total. The van der Waals surface area contributed by atoms with Gasteiger partial charge in [0.05, 0.1) is 25.8 Å². The van der Waals surface area contributed by atoms with Crippen molar-refractivity contribution < 1.29 is 18.8 Å².